The van der Waals surface area contributed by atoms with Crippen LogP contribution in [-0.2, 0) is 14.3 Å². The van der Waals surface area contributed by atoms with Gasteiger partial charge in [0.1, 0.15) is 11.9 Å². The van der Waals surface area contributed by atoms with Crippen LogP contribution in [0.3, 0.4) is 0 Å². The van der Waals surface area contributed by atoms with E-state index in [4.69, 9.17) is 4.74 Å². The second-order valence-electron chi connectivity index (χ2n) is 4.36. The van der Waals surface area contributed by atoms with Gasteiger partial charge in [0.2, 0.25) is 0 Å². The molecule has 0 aromatic carbocycles. The molecule has 1 aliphatic rings. The van der Waals surface area contributed by atoms with Crippen LogP contribution in [0, 0.1) is 5.92 Å². The first-order valence-corrected chi connectivity index (χ1v) is 6.00. The molecule has 16 heavy (non-hydrogen) atoms. The summed E-state index contributed by atoms with van der Waals surface area (Å²) in [6.45, 7) is 3.92. The van der Waals surface area contributed by atoms with E-state index in [0.29, 0.717) is 25.7 Å². The number of Topliss-reactive ketones (excluding diaryl/α,β-unsaturated/α-hetero) is 1. The van der Waals surface area contributed by atoms with E-state index in [9.17, 15) is 9.59 Å². The average molecular weight is 224 g/mol. The smallest absolute Gasteiger partial charge is 0.309 e. The minimum atomic E-state index is -0.180. The highest BCUT2D eigenvalue weighted by Gasteiger charge is 2.26. The Kier molecular flexibility index (Phi) is 5.23. The molecule has 1 rings (SSSR count). The molecule has 0 amide bonds. The van der Waals surface area contributed by atoms with Crippen molar-refractivity contribution in [1.29, 1.82) is 0 Å². The number of ether oxygens (including phenoxy) is 1. The molecule has 0 spiro atoms. The van der Waals surface area contributed by atoms with Crippen molar-refractivity contribution in [2.45, 2.75) is 52.1 Å². The Balaban J connectivity index is 2.28. The summed E-state index contributed by atoms with van der Waals surface area (Å²) in [6.07, 6.45) is 7.24. The van der Waals surface area contributed by atoms with E-state index < -0.39 is 0 Å². The summed E-state index contributed by atoms with van der Waals surface area (Å²) in [6, 6.07) is 0. The van der Waals surface area contributed by atoms with Gasteiger partial charge in [-0.25, -0.2) is 0 Å². The predicted molar refractivity (Wildman–Crippen MR) is 62.0 cm³/mol. The molecule has 2 unspecified atom stereocenters. The number of carbonyl (C=O) groups is 2. The van der Waals surface area contributed by atoms with E-state index in [2.05, 4.69) is 6.92 Å². The number of rotatable bonds is 5. The summed E-state index contributed by atoms with van der Waals surface area (Å²) >= 11 is 0. The normalized spacial score (nSPS) is 22.6. The standard InChI is InChI=1S/C13H20O3/c1-3-4-5-6-10(2)13(15)16-12-8-7-11(14)9-12/h4-5,10,12H,3,6-9H2,1-2H3/b5-4+. The average Bonchev–Trinajstić information content (AvgIpc) is 2.64. The molecular weight excluding hydrogens is 204 g/mol. The van der Waals surface area contributed by atoms with Gasteiger partial charge >= 0.3 is 5.97 Å². The third-order valence-electron chi connectivity index (χ3n) is 2.78. The van der Waals surface area contributed by atoms with Crippen LogP contribution in [0.15, 0.2) is 12.2 Å². The van der Waals surface area contributed by atoms with Gasteiger partial charge in [0.25, 0.3) is 0 Å². The molecule has 0 aliphatic heterocycles. The summed E-state index contributed by atoms with van der Waals surface area (Å²) in [5.41, 5.74) is 0. The maximum atomic E-state index is 11.6. The Hall–Kier alpha value is -1.12. The van der Waals surface area contributed by atoms with Crippen molar-refractivity contribution in [3.05, 3.63) is 12.2 Å². The summed E-state index contributed by atoms with van der Waals surface area (Å²) in [5.74, 6) is -0.0877. The lowest BCUT2D eigenvalue weighted by atomic mass is 10.1. The Bertz CT molecular complexity index is 281. The monoisotopic (exact) mass is 224 g/mol. The minimum Gasteiger partial charge on any atom is -0.462 e. The molecule has 90 valence electrons. The number of hydrogen-bond acceptors (Lipinski definition) is 3. The fourth-order valence-electron chi connectivity index (χ4n) is 1.72. The summed E-state index contributed by atoms with van der Waals surface area (Å²) in [7, 11) is 0. The highest BCUT2D eigenvalue weighted by atomic mass is 16.5. The van der Waals surface area contributed by atoms with Gasteiger partial charge in [-0.05, 0) is 19.3 Å². The van der Waals surface area contributed by atoms with Crippen molar-refractivity contribution in [2.75, 3.05) is 0 Å². The van der Waals surface area contributed by atoms with E-state index in [-0.39, 0.29) is 23.8 Å². The topological polar surface area (TPSA) is 43.4 Å². The molecule has 1 aliphatic carbocycles. The molecule has 0 bridgehead atoms. The number of hydrogen-bond donors (Lipinski definition) is 0. The summed E-state index contributed by atoms with van der Waals surface area (Å²) < 4.78 is 5.28. The first kappa shape index (κ1) is 12.9. The maximum Gasteiger partial charge on any atom is 0.309 e. The molecule has 0 heterocycles. The molecule has 3 heteroatoms. The van der Waals surface area contributed by atoms with Crippen LogP contribution >= 0.6 is 0 Å². The van der Waals surface area contributed by atoms with Crippen molar-refractivity contribution in [2.24, 2.45) is 5.92 Å². The van der Waals surface area contributed by atoms with Crippen molar-refractivity contribution >= 4 is 11.8 Å². The van der Waals surface area contributed by atoms with Gasteiger partial charge in [0.15, 0.2) is 0 Å². The third-order valence-corrected chi connectivity index (χ3v) is 2.78. The van der Waals surface area contributed by atoms with E-state index in [1.54, 1.807) is 0 Å². The lowest BCUT2D eigenvalue weighted by Crippen LogP contribution is -2.20. The molecule has 3 nitrogen and oxygen atoms in total. The molecule has 0 aromatic heterocycles. The van der Waals surface area contributed by atoms with Gasteiger partial charge in [0, 0.05) is 12.8 Å². The zero-order valence-electron chi connectivity index (χ0n) is 10.1. The first-order chi connectivity index (χ1) is 7.63. The third kappa shape index (κ3) is 4.17. The molecule has 1 fully saturated rings. The molecule has 0 aromatic rings. The van der Waals surface area contributed by atoms with Crippen molar-refractivity contribution in [1.82, 2.24) is 0 Å². The zero-order chi connectivity index (χ0) is 12.0. The number of esters is 1. The Morgan fingerprint density at radius 2 is 2.31 bits per heavy atom. The Morgan fingerprint density at radius 3 is 2.88 bits per heavy atom. The minimum absolute atomic E-state index is 0.112. The quantitative estimate of drug-likeness (QED) is 0.532. The Morgan fingerprint density at radius 1 is 1.56 bits per heavy atom. The van der Waals surface area contributed by atoms with Crippen LogP contribution in [0.2, 0.25) is 0 Å². The van der Waals surface area contributed by atoms with E-state index in [1.807, 2.05) is 19.1 Å². The second kappa shape index (κ2) is 6.46. The zero-order valence-corrected chi connectivity index (χ0v) is 10.1. The van der Waals surface area contributed by atoms with Gasteiger partial charge in [-0.1, -0.05) is 26.0 Å². The maximum absolute atomic E-state index is 11.6. The van der Waals surface area contributed by atoms with Crippen LogP contribution in [0.25, 0.3) is 0 Å². The van der Waals surface area contributed by atoms with Crippen molar-refractivity contribution in [3.63, 3.8) is 0 Å². The van der Waals surface area contributed by atoms with E-state index >= 15 is 0 Å². The SMILES string of the molecule is CC/C=C/CC(C)C(=O)OC1CCC(=O)C1. The van der Waals surface area contributed by atoms with E-state index in [0.717, 1.165) is 6.42 Å². The van der Waals surface area contributed by atoms with Crippen LogP contribution in [0.5, 0.6) is 0 Å². The van der Waals surface area contributed by atoms with Crippen LogP contribution in [0.4, 0.5) is 0 Å². The molecule has 0 saturated heterocycles. The van der Waals surface area contributed by atoms with Crippen LogP contribution in [-0.4, -0.2) is 17.9 Å². The molecule has 2 atom stereocenters. The fraction of sp³-hybridized carbons (Fsp3) is 0.692. The molecule has 0 N–H and O–H groups in total. The molecule has 1 saturated carbocycles. The fourth-order valence-corrected chi connectivity index (χ4v) is 1.72. The number of ketones is 1. The predicted octanol–water partition coefficient (Wildman–Crippen LogP) is 2.64. The highest BCUT2D eigenvalue weighted by Crippen LogP contribution is 2.20. The summed E-state index contributed by atoms with van der Waals surface area (Å²) in [5, 5.41) is 0. The lowest BCUT2D eigenvalue weighted by Gasteiger charge is -2.14. The van der Waals surface area contributed by atoms with Crippen LogP contribution in [0.1, 0.15) is 46.0 Å². The highest BCUT2D eigenvalue weighted by molar-refractivity contribution is 5.82. The summed E-state index contributed by atoms with van der Waals surface area (Å²) in [4.78, 5) is 22.6. The van der Waals surface area contributed by atoms with Gasteiger partial charge in [-0.3, -0.25) is 9.59 Å². The largest absolute Gasteiger partial charge is 0.462 e. The molecule has 0 radical (unpaired) electrons. The first-order valence-electron chi connectivity index (χ1n) is 6.00. The number of allylic oxidation sites excluding steroid dienone is 2. The number of carbonyl (C=O) groups excluding carboxylic acids is 2. The van der Waals surface area contributed by atoms with Gasteiger partial charge in [-0.15, -0.1) is 0 Å². The van der Waals surface area contributed by atoms with Gasteiger partial charge < -0.3 is 4.74 Å². The second-order valence-corrected chi connectivity index (χ2v) is 4.36. The van der Waals surface area contributed by atoms with Crippen molar-refractivity contribution in [3.8, 4) is 0 Å². The van der Waals surface area contributed by atoms with Crippen LogP contribution < -0.4 is 0 Å². The Labute approximate surface area is 96.9 Å². The van der Waals surface area contributed by atoms with Crippen molar-refractivity contribution < 1.29 is 14.3 Å². The van der Waals surface area contributed by atoms with Gasteiger partial charge in [-0.2, -0.15) is 0 Å². The van der Waals surface area contributed by atoms with E-state index in [1.165, 1.54) is 0 Å². The lowest BCUT2D eigenvalue weighted by molar-refractivity contribution is -0.153. The van der Waals surface area contributed by atoms with Gasteiger partial charge in [0.05, 0.1) is 5.92 Å². The molecular formula is C13H20O3.